The number of ether oxygens (including phenoxy) is 1. The van der Waals surface area contributed by atoms with Gasteiger partial charge < -0.3 is 10.1 Å². The highest BCUT2D eigenvalue weighted by molar-refractivity contribution is 6.32. The van der Waals surface area contributed by atoms with Crippen molar-refractivity contribution in [3.05, 3.63) is 16.4 Å². The Labute approximate surface area is 136 Å². The number of carbonyl (C=O) groups is 2. The average Bonchev–Trinajstić information content (AvgIpc) is 2.67. The molecule has 0 saturated heterocycles. The van der Waals surface area contributed by atoms with E-state index in [4.69, 9.17) is 16.3 Å². The minimum atomic E-state index is -0.628. The summed E-state index contributed by atoms with van der Waals surface area (Å²) in [6.07, 6.45) is 0. The number of esters is 1. The van der Waals surface area contributed by atoms with Gasteiger partial charge in [-0.05, 0) is 18.8 Å². The van der Waals surface area contributed by atoms with Crippen molar-refractivity contribution in [2.75, 3.05) is 13.2 Å². The summed E-state index contributed by atoms with van der Waals surface area (Å²) in [5, 5.41) is 7.17. The van der Waals surface area contributed by atoms with Crippen molar-refractivity contribution in [3.63, 3.8) is 0 Å². The monoisotopic (exact) mass is 329 g/mol. The van der Waals surface area contributed by atoms with E-state index in [2.05, 4.69) is 10.4 Å². The molecule has 6 nitrogen and oxygen atoms in total. The van der Waals surface area contributed by atoms with E-state index in [0.29, 0.717) is 30.6 Å². The van der Waals surface area contributed by atoms with Crippen LogP contribution in [0, 0.1) is 18.8 Å². The minimum absolute atomic E-state index is 0.221. The van der Waals surface area contributed by atoms with Gasteiger partial charge in [0.15, 0.2) is 6.61 Å². The second-order valence-corrected chi connectivity index (χ2v) is 6.46. The van der Waals surface area contributed by atoms with Crippen molar-refractivity contribution in [1.29, 1.82) is 0 Å². The SMILES string of the molecule is Cc1nn(CC(C)C)c(Cl)c1C(=O)OCC(=O)NCC(C)C. The highest BCUT2D eigenvalue weighted by atomic mass is 35.5. The molecule has 1 aromatic rings. The molecule has 1 N–H and O–H groups in total. The number of amides is 1. The Morgan fingerprint density at radius 3 is 2.45 bits per heavy atom. The number of carbonyl (C=O) groups excluding carboxylic acids is 2. The van der Waals surface area contributed by atoms with Gasteiger partial charge in [-0.25, -0.2) is 4.79 Å². The Bertz CT molecular complexity index is 538. The molecular weight excluding hydrogens is 306 g/mol. The average molecular weight is 330 g/mol. The van der Waals surface area contributed by atoms with Crippen LogP contribution in [0.2, 0.25) is 5.15 Å². The highest BCUT2D eigenvalue weighted by Crippen LogP contribution is 2.21. The summed E-state index contributed by atoms with van der Waals surface area (Å²) in [5.74, 6) is -0.268. The van der Waals surface area contributed by atoms with E-state index in [0.717, 1.165) is 0 Å². The molecule has 1 amide bonds. The van der Waals surface area contributed by atoms with E-state index in [1.54, 1.807) is 11.6 Å². The molecule has 0 atom stereocenters. The van der Waals surface area contributed by atoms with Crippen molar-refractivity contribution in [2.24, 2.45) is 11.8 Å². The Hall–Kier alpha value is -1.56. The number of rotatable bonds is 7. The fraction of sp³-hybridized carbons (Fsp3) is 0.667. The topological polar surface area (TPSA) is 73.2 Å². The zero-order chi connectivity index (χ0) is 16.9. The molecular formula is C15H24ClN3O3. The fourth-order valence-corrected chi connectivity index (χ4v) is 2.15. The molecule has 0 unspecified atom stereocenters. The molecule has 0 bridgehead atoms. The van der Waals surface area contributed by atoms with Gasteiger partial charge in [0.2, 0.25) is 0 Å². The maximum atomic E-state index is 12.1. The third kappa shape index (κ3) is 5.33. The zero-order valence-corrected chi connectivity index (χ0v) is 14.5. The molecule has 7 heteroatoms. The van der Waals surface area contributed by atoms with Gasteiger partial charge in [-0.15, -0.1) is 0 Å². The Balaban J connectivity index is 2.66. The maximum absolute atomic E-state index is 12.1. The lowest BCUT2D eigenvalue weighted by molar-refractivity contribution is -0.124. The predicted octanol–water partition coefficient (Wildman–Crippen LogP) is 2.43. The summed E-state index contributed by atoms with van der Waals surface area (Å²) in [5.41, 5.74) is 0.720. The first-order valence-corrected chi connectivity index (χ1v) is 7.76. The van der Waals surface area contributed by atoms with Crippen LogP contribution in [0.25, 0.3) is 0 Å². The maximum Gasteiger partial charge on any atom is 0.343 e. The number of nitrogens with zero attached hydrogens (tertiary/aromatic N) is 2. The van der Waals surface area contributed by atoms with Crippen molar-refractivity contribution < 1.29 is 14.3 Å². The van der Waals surface area contributed by atoms with Crippen LogP contribution >= 0.6 is 11.6 Å². The van der Waals surface area contributed by atoms with Gasteiger partial charge in [0.1, 0.15) is 10.7 Å². The van der Waals surface area contributed by atoms with E-state index in [-0.39, 0.29) is 23.2 Å². The van der Waals surface area contributed by atoms with Gasteiger partial charge >= 0.3 is 5.97 Å². The number of aromatic nitrogens is 2. The predicted molar refractivity (Wildman–Crippen MR) is 84.9 cm³/mol. The molecule has 0 saturated carbocycles. The zero-order valence-electron chi connectivity index (χ0n) is 13.8. The fourth-order valence-electron chi connectivity index (χ4n) is 1.82. The lowest BCUT2D eigenvalue weighted by atomic mass is 10.2. The van der Waals surface area contributed by atoms with Crippen LogP contribution in [0.15, 0.2) is 0 Å². The first-order valence-electron chi connectivity index (χ1n) is 7.39. The molecule has 0 aliphatic rings. The quantitative estimate of drug-likeness (QED) is 0.780. The van der Waals surface area contributed by atoms with Crippen molar-refractivity contribution in [3.8, 4) is 0 Å². The van der Waals surface area contributed by atoms with Crippen LogP contribution in [-0.2, 0) is 16.1 Å². The number of aryl methyl sites for hydroxylation is 1. The molecule has 0 spiro atoms. The molecule has 0 radical (unpaired) electrons. The third-order valence-corrected chi connectivity index (χ3v) is 3.23. The van der Waals surface area contributed by atoms with E-state index in [1.165, 1.54) is 0 Å². The standard InChI is InChI=1S/C15H24ClN3O3/c1-9(2)6-17-12(20)8-22-15(21)13-11(5)18-19(14(13)16)7-10(3)4/h9-10H,6-8H2,1-5H3,(H,17,20). The van der Waals surface area contributed by atoms with Crippen LogP contribution in [0.4, 0.5) is 0 Å². The van der Waals surface area contributed by atoms with Gasteiger partial charge in [-0.1, -0.05) is 39.3 Å². The van der Waals surface area contributed by atoms with Gasteiger partial charge in [0, 0.05) is 13.1 Å². The molecule has 0 aromatic carbocycles. The second-order valence-electron chi connectivity index (χ2n) is 6.10. The number of hydrogen-bond donors (Lipinski definition) is 1. The molecule has 1 aromatic heterocycles. The van der Waals surface area contributed by atoms with Crippen LogP contribution in [0.5, 0.6) is 0 Å². The Kier molecular flexibility index (Phi) is 6.87. The van der Waals surface area contributed by atoms with Gasteiger partial charge in [0.05, 0.1) is 5.69 Å². The van der Waals surface area contributed by atoms with E-state index >= 15 is 0 Å². The number of nitrogens with one attached hydrogen (secondary N) is 1. The Morgan fingerprint density at radius 2 is 1.91 bits per heavy atom. The van der Waals surface area contributed by atoms with Gasteiger partial charge in [-0.3, -0.25) is 9.48 Å². The highest BCUT2D eigenvalue weighted by Gasteiger charge is 2.22. The van der Waals surface area contributed by atoms with Crippen molar-refractivity contribution >= 4 is 23.5 Å². The summed E-state index contributed by atoms with van der Waals surface area (Å²) in [6.45, 7) is 10.6. The van der Waals surface area contributed by atoms with Gasteiger partial charge in [-0.2, -0.15) is 5.10 Å². The summed E-state index contributed by atoms with van der Waals surface area (Å²) < 4.78 is 6.59. The smallest absolute Gasteiger partial charge is 0.343 e. The molecule has 0 aliphatic heterocycles. The van der Waals surface area contributed by atoms with Crippen molar-refractivity contribution in [2.45, 2.75) is 41.2 Å². The van der Waals surface area contributed by atoms with Gasteiger partial charge in [0.25, 0.3) is 5.91 Å². The molecule has 22 heavy (non-hydrogen) atoms. The molecule has 0 fully saturated rings. The normalized spacial score (nSPS) is 11.1. The molecule has 0 aliphatic carbocycles. The molecule has 124 valence electrons. The Morgan fingerprint density at radius 1 is 1.27 bits per heavy atom. The number of halogens is 1. The first-order chi connectivity index (χ1) is 10.2. The summed E-state index contributed by atoms with van der Waals surface area (Å²) in [7, 11) is 0. The summed E-state index contributed by atoms with van der Waals surface area (Å²) in [4.78, 5) is 23.6. The van der Waals surface area contributed by atoms with Crippen LogP contribution in [0.1, 0.15) is 43.7 Å². The lowest BCUT2D eigenvalue weighted by Crippen LogP contribution is -2.31. The van der Waals surface area contributed by atoms with E-state index in [9.17, 15) is 9.59 Å². The summed E-state index contributed by atoms with van der Waals surface area (Å²) >= 11 is 6.19. The van der Waals surface area contributed by atoms with Crippen LogP contribution in [-0.4, -0.2) is 34.8 Å². The van der Waals surface area contributed by atoms with Crippen LogP contribution < -0.4 is 5.32 Å². The largest absolute Gasteiger partial charge is 0.452 e. The second kappa shape index (κ2) is 8.17. The lowest BCUT2D eigenvalue weighted by Gasteiger charge is -2.08. The van der Waals surface area contributed by atoms with Crippen molar-refractivity contribution in [1.82, 2.24) is 15.1 Å². The number of hydrogen-bond acceptors (Lipinski definition) is 4. The first kappa shape index (κ1) is 18.5. The third-order valence-electron chi connectivity index (χ3n) is 2.85. The molecule has 1 heterocycles. The minimum Gasteiger partial charge on any atom is -0.452 e. The summed E-state index contributed by atoms with van der Waals surface area (Å²) in [6, 6.07) is 0. The molecule has 1 rings (SSSR count). The van der Waals surface area contributed by atoms with Crippen LogP contribution in [0.3, 0.4) is 0 Å². The van der Waals surface area contributed by atoms with E-state index < -0.39 is 5.97 Å². The van der Waals surface area contributed by atoms with E-state index in [1.807, 2.05) is 27.7 Å².